The van der Waals surface area contributed by atoms with Crippen molar-refractivity contribution < 1.29 is 22.7 Å². The molecule has 1 aliphatic rings. The molecule has 122 valence electrons. The summed E-state index contributed by atoms with van der Waals surface area (Å²) in [6, 6.07) is -1.04. The lowest BCUT2D eigenvalue weighted by atomic mass is 9.83. The van der Waals surface area contributed by atoms with Crippen LogP contribution in [0.3, 0.4) is 0 Å². The molecule has 1 saturated carbocycles. The predicted molar refractivity (Wildman–Crippen MR) is 71.1 cm³/mol. The molecule has 0 spiro atoms. The zero-order chi connectivity index (χ0) is 16.3. The molecule has 1 heterocycles. The van der Waals surface area contributed by atoms with Crippen LogP contribution in [-0.2, 0) is 15.7 Å². The Balaban J connectivity index is 2.46. The lowest BCUT2D eigenvalue weighted by molar-refractivity contribution is -0.148. The van der Waals surface area contributed by atoms with E-state index in [2.05, 4.69) is 4.98 Å². The fourth-order valence-corrected chi connectivity index (χ4v) is 2.89. The Morgan fingerprint density at radius 3 is 2.55 bits per heavy atom. The third-order valence-electron chi connectivity index (χ3n) is 3.96. The van der Waals surface area contributed by atoms with Crippen LogP contribution >= 0.6 is 0 Å². The second kappa shape index (κ2) is 6.50. The number of rotatable bonds is 3. The molecule has 1 atom stereocenters. The minimum Gasteiger partial charge on any atom is -0.467 e. The maximum Gasteiger partial charge on any atom is 0.434 e. The summed E-state index contributed by atoms with van der Waals surface area (Å²) in [5, 5.41) is 0. The molecule has 0 radical (unpaired) electrons. The van der Waals surface area contributed by atoms with E-state index in [1.165, 1.54) is 0 Å². The summed E-state index contributed by atoms with van der Waals surface area (Å²) in [6.45, 7) is 0. The normalized spacial score (nSPS) is 18.0. The molecule has 22 heavy (non-hydrogen) atoms. The Hall–Kier alpha value is -1.86. The molecular formula is C14H17F3N2O3. The smallest absolute Gasteiger partial charge is 0.434 e. The number of nitrogens with zero attached hydrogens (tertiary/aromatic N) is 2. The highest BCUT2D eigenvalue weighted by atomic mass is 19.4. The first kappa shape index (κ1) is 16.5. The molecule has 1 fully saturated rings. The van der Waals surface area contributed by atoms with Crippen LogP contribution in [0.1, 0.15) is 43.8 Å². The molecule has 2 rings (SSSR count). The maximum absolute atomic E-state index is 12.8. The van der Waals surface area contributed by atoms with Gasteiger partial charge >= 0.3 is 12.1 Å². The van der Waals surface area contributed by atoms with Crippen LogP contribution in [0.15, 0.2) is 17.2 Å². The van der Waals surface area contributed by atoms with Crippen molar-refractivity contribution in [1.29, 1.82) is 0 Å². The van der Waals surface area contributed by atoms with Gasteiger partial charge in [-0.2, -0.15) is 13.2 Å². The van der Waals surface area contributed by atoms with E-state index in [1.807, 2.05) is 0 Å². The van der Waals surface area contributed by atoms with Crippen LogP contribution in [0.25, 0.3) is 0 Å². The van der Waals surface area contributed by atoms with Crippen molar-refractivity contribution in [3.63, 3.8) is 0 Å². The Morgan fingerprint density at radius 2 is 2.00 bits per heavy atom. The summed E-state index contributed by atoms with van der Waals surface area (Å²) in [7, 11) is 1.16. The van der Waals surface area contributed by atoms with Gasteiger partial charge in [-0.05, 0) is 18.8 Å². The SMILES string of the molecule is COC(=O)C(C1CCCCC1)n1cc(C(F)(F)F)ncc1=O. The number of halogens is 3. The van der Waals surface area contributed by atoms with Crippen molar-refractivity contribution in [2.45, 2.75) is 44.3 Å². The number of hydrogen-bond donors (Lipinski definition) is 0. The van der Waals surface area contributed by atoms with Crippen LogP contribution in [0.4, 0.5) is 13.2 Å². The van der Waals surface area contributed by atoms with Gasteiger partial charge in [-0.25, -0.2) is 9.78 Å². The van der Waals surface area contributed by atoms with Crippen LogP contribution in [0.2, 0.25) is 0 Å². The fraction of sp³-hybridized carbons (Fsp3) is 0.643. The molecule has 0 aromatic carbocycles. The first-order valence-electron chi connectivity index (χ1n) is 7.08. The number of carbonyl (C=O) groups is 1. The molecule has 0 aliphatic heterocycles. The second-order valence-electron chi connectivity index (χ2n) is 5.38. The van der Waals surface area contributed by atoms with Crippen LogP contribution in [-0.4, -0.2) is 22.6 Å². The topological polar surface area (TPSA) is 61.2 Å². The molecule has 0 bridgehead atoms. The monoisotopic (exact) mass is 318 g/mol. The lowest BCUT2D eigenvalue weighted by Gasteiger charge is -2.29. The van der Waals surface area contributed by atoms with E-state index < -0.39 is 29.4 Å². The highest BCUT2D eigenvalue weighted by Crippen LogP contribution is 2.34. The Bertz CT molecular complexity index is 592. The van der Waals surface area contributed by atoms with Crippen molar-refractivity contribution in [3.05, 3.63) is 28.4 Å². The summed E-state index contributed by atoms with van der Waals surface area (Å²) < 4.78 is 43.9. The third-order valence-corrected chi connectivity index (χ3v) is 3.96. The summed E-state index contributed by atoms with van der Waals surface area (Å²) in [6.07, 6.45) is 0.659. The molecule has 1 aliphatic carbocycles. The molecule has 1 aromatic rings. The first-order chi connectivity index (χ1) is 10.3. The molecule has 1 unspecified atom stereocenters. The summed E-state index contributed by atoms with van der Waals surface area (Å²) in [5.74, 6) is -0.907. The minimum atomic E-state index is -4.68. The molecule has 0 saturated heterocycles. The summed E-state index contributed by atoms with van der Waals surface area (Å²) >= 11 is 0. The van der Waals surface area contributed by atoms with Gasteiger partial charge in [0.25, 0.3) is 5.56 Å². The first-order valence-corrected chi connectivity index (χ1v) is 7.08. The van der Waals surface area contributed by atoms with E-state index in [0.717, 1.165) is 30.9 Å². The van der Waals surface area contributed by atoms with Crippen LogP contribution in [0, 0.1) is 5.92 Å². The number of aromatic nitrogens is 2. The lowest BCUT2D eigenvalue weighted by Crippen LogP contribution is -2.37. The van der Waals surface area contributed by atoms with Gasteiger partial charge in [0.05, 0.1) is 13.3 Å². The van der Waals surface area contributed by atoms with Gasteiger partial charge in [-0.15, -0.1) is 0 Å². The van der Waals surface area contributed by atoms with Crippen molar-refractivity contribution in [3.8, 4) is 0 Å². The van der Waals surface area contributed by atoms with Gasteiger partial charge in [0.15, 0.2) is 5.69 Å². The third kappa shape index (κ3) is 3.48. The van der Waals surface area contributed by atoms with Gasteiger partial charge in [0, 0.05) is 6.20 Å². The highest BCUT2D eigenvalue weighted by molar-refractivity contribution is 5.74. The number of ether oxygens (including phenoxy) is 1. The van der Waals surface area contributed by atoms with Gasteiger partial charge in [-0.1, -0.05) is 19.3 Å². The number of hydrogen-bond acceptors (Lipinski definition) is 4. The largest absolute Gasteiger partial charge is 0.467 e. The molecule has 1 aromatic heterocycles. The van der Waals surface area contributed by atoms with Gasteiger partial charge < -0.3 is 4.74 Å². The van der Waals surface area contributed by atoms with Crippen molar-refractivity contribution >= 4 is 5.97 Å². The number of methoxy groups -OCH3 is 1. The van der Waals surface area contributed by atoms with E-state index >= 15 is 0 Å². The standard InChI is InChI=1S/C14H17F3N2O3/c1-22-13(21)12(9-5-3-2-4-6-9)19-8-10(14(15,16)17)18-7-11(19)20/h7-9,12H,2-6H2,1H3. The van der Waals surface area contributed by atoms with E-state index in [4.69, 9.17) is 4.74 Å². The average molecular weight is 318 g/mol. The van der Waals surface area contributed by atoms with Gasteiger partial charge in [0.2, 0.25) is 0 Å². The summed E-state index contributed by atoms with van der Waals surface area (Å²) in [5.41, 5.74) is -1.94. The van der Waals surface area contributed by atoms with Crippen molar-refractivity contribution in [2.75, 3.05) is 7.11 Å². The molecule has 0 N–H and O–H groups in total. The predicted octanol–water partition coefficient (Wildman–Crippen LogP) is 2.56. The molecule has 5 nitrogen and oxygen atoms in total. The van der Waals surface area contributed by atoms with E-state index in [-0.39, 0.29) is 5.92 Å². The Morgan fingerprint density at radius 1 is 1.36 bits per heavy atom. The number of carbonyl (C=O) groups excluding carboxylic acids is 1. The van der Waals surface area contributed by atoms with Crippen molar-refractivity contribution in [2.24, 2.45) is 5.92 Å². The zero-order valence-electron chi connectivity index (χ0n) is 12.1. The van der Waals surface area contributed by atoms with E-state index in [0.29, 0.717) is 25.2 Å². The Kier molecular flexibility index (Phi) is 4.87. The Labute approximate surface area is 125 Å². The molecule has 0 amide bonds. The summed E-state index contributed by atoms with van der Waals surface area (Å²) in [4.78, 5) is 27.1. The molecular weight excluding hydrogens is 301 g/mol. The second-order valence-corrected chi connectivity index (χ2v) is 5.38. The number of esters is 1. The average Bonchev–Trinajstić information content (AvgIpc) is 2.49. The van der Waals surface area contributed by atoms with Crippen molar-refractivity contribution in [1.82, 2.24) is 9.55 Å². The van der Waals surface area contributed by atoms with E-state index in [9.17, 15) is 22.8 Å². The van der Waals surface area contributed by atoms with Crippen LogP contribution in [0.5, 0.6) is 0 Å². The van der Waals surface area contributed by atoms with E-state index in [1.54, 1.807) is 0 Å². The zero-order valence-corrected chi connectivity index (χ0v) is 12.1. The highest BCUT2D eigenvalue weighted by Gasteiger charge is 2.37. The quantitative estimate of drug-likeness (QED) is 0.804. The minimum absolute atomic E-state index is 0.206. The fourth-order valence-electron chi connectivity index (χ4n) is 2.89. The molecule has 8 heteroatoms. The maximum atomic E-state index is 12.8. The van der Waals surface area contributed by atoms with Gasteiger partial charge in [-0.3, -0.25) is 9.36 Å². The van der Waals surface area contributed by atoms with Gasteiger partial charge in [0.1, 0.15) is 6.04 Å². The van der Waals surface area contributed by atoms with Crippen LogP contribution < -0.4 is 5.56 Å². The number of alkyl halides is 3.